The van der Waals surface area contributed by atoms with Crippen molar-refractivity contribution in [3.63, 3.8) is 0 Å². The average Bonchev–Trinajstić information content (AvgIpc) is 3.39. The van der Waals surface area contributed by atoms with E-state index in [1.54, 1.807) is 35.6 Å². The number of thiophene rings is 1. The van der Waals surface area contributed by atoms with E-state index >= 15 is 0 Å². The number of carbonyl (C=O) groups excluding carboxylic acids is 1. The number of rotatable bonds is 6. The van der Waals surface area contributed by atoms with Crippen molar-refractivity contribution in [1.82, 2.24) is 14.2 Å². The van der Waals surface area contributed by atoms with Crippen molar-refractivity contribution in [3.8, 4) is 5.00 Å². The lowest BCUT2D eigenvalue weighted by Gasteiger charge is -2.16. The van der Waals surface area contributed by atoms with Gasteiger partial charge >= 0.3 is 0 Å². The number of fused-ring (bicyclic) bond motifs is 1. The van der Waals surface area contributed by atoms with Crippen LogP contribution in [0.25, 0.3) is 5.00 Å². The van der Waals surface area contributed by atoms with Crippen LogP contribution in [0.1, 0.15) is 39.2 Å². The zero-order valence-corrected chi connectivity index (χ0v) is 18.7. The van der Waals surface area contributed by atoms with Gasteiger partial charge < -0.3 is 9.88 Å². The predicted octanol–water partition coefficient (Wildman–Crippen LogP) is 3.60. The topological polar surface area (TPSA) is 71.4 Å². The van der Waals surface area contributed by atoms with Crippen LogP contribution in [0.3, 0.4) is 0 Å². The molecule has 1 aromatic carbocycles. The molecule has 0 spiro atoms. The van der Waals surface area contributed by atoms with E-state index in [0.717, 1.165) is 41.8 Å². The Labute approximate surface area is 181 Å². The number of carbonyl (C=O) groups is 1. The Morgan fingerprint density at radius 2 is 1.80 bits per heavy atom. The van der Waals surface area contributed by atoms with Gasteiger partial charge in [0.25, 0.3) is 5.91 Å². The molecule has 1 amide bonds. The highest BCUT2D eigenvalue weighted by Crippen LogP contribution is 2.37. The fourth-order valence-corrected chi connectivity index (χ4v) is 6.27. The van der Waals surface area contributed by atoms with Gasteiger partial charge in [0.2, 0.25) is 10.0 Å². The summed E-state index contributed by atoms with van der Waals surface area (Å²) in [5, 5.41) is 3.91. The molecule has 8 heteroatoms. The van der Waals surface area contributed by atoms with Crippen LogP contribution < -0.4 is 5.32 Å². The van der Waals surface area contributed by atoms with Crippen molar-refractivity contribution in [1.29, 1.82) is 0 Å². The van der Waals surface area contributed by atoms with E-state index in [9.17, 15) is 13.2 Å². The molecule has 1 N–H and O–H groups in total. The Bertz CT molecular complexity index is 1160. The maximum absolute atomic E-state index is 13.3. The van der Waals surface area contributed by atoms with Gasteiger partial charge in [0, 0.05) is 37.9 Å². The molecular formula is C22H25N3O3S2. The molecule has 6 nitrogen and oxygen atoms in total. The number of nitrogens with one attached hydrogen (secondary N) is 1. The fraction of sp³-hybridized carbons (Fsp3) is 0.318. The largest absolute Gasteiger partial charge is 0.348 e. The minimum absolute atomic E-state index is 0.151. The summed E-state index contributed by atoms with van der Waals surface area (Å²) in [6, 6.07) is 10.7. The Kier molecular flexibility index (Phi) is 5.81. The zero-order valence-electron chi connectivity index (χ0n) is 17.1. The second kappa shape index (κ2) is 8.37. The summed E-state index contributed by atoms with van der Waals surface area (Å²) in [4.78, 5) is 14.8. The molecule has 3 aromatic rings. The Morgan fingerprint density at radius 3 is 2.53 bits per heavy atom. The van der Waals surface area contributed by atoms with Crippen LogP contribution in [-0.4, -0.2) is 37.3 Å². The summed E-state index contributed by atoms with van der Waals surface area (Å²) in [6.45, 7) is 0.151. The maximum atomic E-state index is 13.3. The number of hydrogen-bond acceptors (Lipinski definition) is 4. The number of aryl methyl sites for hydroxylation is 1. The maximum Gasteiger partial charge on any atom is 0.254 e. The zero-order chi connectivity index (χ0) is 21.3. The van der Waals surface area contributed by atoms with Gasteiger partial charge in [0.15, 0.2) is 0 Å². The highest BCUT2D eigenvalue weighted by Gasteiger charge is 2.27. The van der Waals surface area contributed by atoms with E-state index < -0.39 is 10.0 Å². The van der Waals surface area contributed by atoms with Crippen molar-refractivity contribution in [2.45, 2.75) is 37.1 Å². The Balaban J connectivity index is 1.65. The lowest BCUT2D eigenvalue weighted by Crippen LogP contribution is -2.28. The molecule has 0 aliphatic heterocycles. The van der Waals surface area contributed by atoms with Crippen LogP contribution in [0.15, 0.2) is 53.7 Å². The van der Waals surface area contributed by atoms with Gasteiger partial charge in [-0.25, -0.2) is 12.7 Å². The number of benzene rings is 1. The smallest absolute Gasteiger partial charge is 0.254 e. The molecule has 4 rings (SSSR count). The van der Waals surface area contributed by atoms with E-state index in [4.69, 9.17) is 0 Å². The van der Waals surface area contributed by atoms with E-state index in [1.807, 2.05) is 29.1 Å². The first-order valence-corrected chi connectivity index (χ1v) is 12.2. The Hall–Kier alpha value is -2.42. The first kappa shape index (κ1) is 20.8. The number of nitrogens with zero attached hydrogens (tertiary/aromatic N) is 2. The molecule has 0 fully saturated rings. The van der Waals surface area contributed by atoms with Gasteiger partial charge in [0.05, 0.1) is 10.5 Å². The van der Waals surface area contributed by atoms with Gasteiger partial charge in [-0.05, 0) is 55.0 Å². The van der Waals surface area contributed by atoms with Crippen LogP contribution in [0, 0.1) is 0 Å². The standard InChI is InChI=1S/C22H25N3O3S2/c1-24(2)30(27,28)19-12-6-3-9-16(19)15-23-21(26)20-17-10-4-5-11-18(17)29-22(20)25-13-7-8-14-25/h3,6-9,12-14H,4-5,10-11,15H2,1-2H3,(H,23,26). The molecule has 1 aliphatic rings. The Morgan fingerprint density at radius 1 is 1.10 bits per heavy atom. The summed E-state index contributed by atoms with van der Waals surface area (Å²) in [5.41, 5.74) is 2.44. The molecule has 2 aromatic heterocycles. The second-order valence-corrected chi connectivity index (χ2v) is 10.8. The highest BCUT2D eigenvalue weighted by atomic mass is 32.2. The number of aromatic nitrogens is 1. The molecule has 0 bridgehead atoms. The molecule has 158 valence electrons. The van der Waals surface area contributed by atoms with Gasteiger partial charge in [-0.15, -0.1) is 11.3 Å². The third-order valence-corrected chi connectivity index (χ3v) is 8.61. The van der Waals surface area contributed by atoms with E-state index in [0.29, 0.717) is 5.56 Å². The van der Waals surface area contributed by atoms with Gasteiger partial charge in [-0.3, -0.25) is 4.79 Å². The van der Waals surface area contributed by atoms with Crippen molar-refractivity contribution >= 4 is 27.3 Å². The van der Waals surface area contributed by atoms with Crippen LogP contribution in [-0.2, 0) is 29.4 Å². The van der Waals surface area contributed by atoms with Crippen LogP contribution in [0.4, 0.5) is 0 Å². The highest BCUT2D eigenvalue weighted by molar-refractivity contribution is 7.89. The van der Waals surface area contributed by atoms with Crippen LogP contribution >= 0.6 is 11.3 Å². The normalized spacial score (nSPS) is 14.0. The summed E-state index contributed by atoms with van der Waals surface area (Å²) in [6.07, 6.45) is 8.04. The third kappa shape index (κ3) is 3.82. The molecule has 0 atom stereocenters. The summed E-state index contributed by atoms with van der Waals surface area (Å²) in [5.74, 6) is -0.157. The third-order valence-electron chi connectivity index (χ3n) is 5.39. The summed E-state index contributed by atoms with van der Waals surface area (Å²) < 4.78 is 28.5. The van der Waals surface area contributed by atoms with Crippen LogP contribution in [0.2, 0.25) is 0 Å². The molecule has 0 radical (unpaired) electrons. The first-order valence-electron chi connectivity index (χ1n) is 9.96. The van der Waals surface area contributed by atoms with Crippen molar-refractivity contribution in [3.05, 3.63) is 70.4 Å². The minimum atomic E-state index is -3.59. The summed E-state index contributed by atoms with van der Waals surface area (Å²) in [7, 11) is -0.576. The number of amides is 1. The number of hydrogen-bond donors (Lipinski definition) is 1. The molecule has 1 aliphatic carbocycles. The second-order valence-electron chi connectivity index (χ2n) is 7.56. The SMILES string of the molecule is CN(C)S(=O)(=O)c1ccccc1CNC(=O)c1c(-n2cccc2)sc2c1CCCC2. The van der Waals surface area contributed by atoms with Crippen molar-refractivity contribution in [2.24, 2.45) is 0 Å². The monoisotopic (exact) mass is 443 g/mol. The fourth-order valence-electron chi connectivity index (χ4n) is 3.80. The first-order chi connectivity index (χ1) is 14.4. The molecular weight excluding hydrogens is 418 g/mol. The van der Waals surface area contributed by atoms with Gasteiger partial charge in [-0.2, -0.15) is 0 Å². The number of sulfonamides is 1. The van der Waals surface area contributed by atoms with Crippen LogP contribution in [0.5, 0.6) is 0 Å². The molecule has 30 heavy (non-hydrogen) atoms. The molecule has 2 heterocycles. The van der Waals surface area contributed by atoms with Gasteiger partial charge in [0.1, 0.15) is 5.00 Å². The lowest BCUT2D eigenvalue weighted by atomic mass is 9.95. The lowest BCUT2D eigenvalue weighted by molar-refractivity contribution is 0.0950. The van der Waals surface area contributed by atoms with E-state index in [2.05, 4.69) is 5.32 Å². The molecule has 0 saturated carbocycles. The quantitative estimate of drug-likeness (QED) is 0.633. The molecule has 0 saturated heterocycles. The van der Waals surface area contributed by atoms with Crippen molar-refractivity contribution in [2.75, 3.05) is 14.1 Å². The van der Waals surface area contributed by atoms with Gasteiger partial charge in [-0.1, -0.05) is 18.2 Å². The summed E-state index contributed by atoms with van der Waals surface area (Å²) >= 11 is 1.68. The van der Waals surface area contributed by atoms with E-state index in [-0.39, 0.29) is 17.3 Å². The van der Waals surface area contributed by atoms with E-state index in [1.165, 1.54) is 23.3 Å². The minimum Gasteiger partial charge on any atom is -0.348 e. The molecule has 0 unspecified atom stereocenters. The predicted molar refractivity (Wildman–Crippen MR) is 119 cm³/mol. The average molecular weight is 444 g/mol. The van der Waals surface area contributed by atoms with Crippen molar-refractivity contribution < 1.29 is 13.2 Å².